The zero-order valence-electron chi connectivity index (χ0n) is 13.5. The third-order valence-corrected chi connectivity index (χ3v) is 5.26. The number of ether oxygens (including phenoxy) is 1. The zero-order valence-corrected chi connectivity index (χ0v) is 14.3. The zero-order chi connectivity index (χ0) is 16.6. The number of aromatic nitrogens is 5. The molecule has 3 aromatic heterocycles. The van der Waals surface area contributed by atoms with Gasteiger partial charge in [0.2, 0.25) is 4.96 Å². The van der Waals surface area contributed by atoms with Crippen LogP contribution in [0.5, 0.6) is 0 Å². The molecule has 0 N–H and O–H groups in total. The summed E-state index contributed by atoms with van der Waals surface area (Å²) >= 11 is 1.51. The van der Waals surface area contributed by atoms with Crippen molar-refractivity contribution >= 4 is 27.2 Å². The Morgan fingerprint density at radius 2 is 1.92 bits per heavy atom. The molecule has 0 radical (unpaired) electrons. The van der Waals surface area contributed by atoms with Gasteiger partial charge in [-0.15, -0.1) is 10.2 Å². The summed E-state index contributed by atoms with van der Waals surface area (Å²) in [5, 5.41) is 15.3. The second-order valence-electron chi connectivity index (χ2n) is 6.00. The third kappa shape index (κ3) is 2.78. The van der Waals surface area contributed by atoms with E-state index in [1.807, 2.05) is 28.8 Å². The smallest absolute Gasteiger partial charge is 0.235 e. The second-order valence-corrected chi connectivity index (χ2v) is 6.95. The van der Waals surface area contributed by atoms with E-state index in [1.165, 1.54) is 11.3 Å². The Kier molecular flexibility index (Phi) is 3.66. The first kappa shape index (κ1) is 14.9. The van der Waals surface area contributed by atoms with Gasteiger partial charge in [-0.1, -0.05) is 35.6 Å². The predicted octanol–water partition coefficient (Wildman–Crippen LogP) is 2.23. The largest absolute Gasteiger partial charge is 0.379 e. The first-order valence-corrected chi connectivity index (χ1v) is 9.06. The molecule has 8 heteroatoms. The molecule has 1 fully saturated rings. The number of para-hydroxylation sites is 1. The van der Waals surface area contributed by atoms with Gasteiger partial charge in [0, 0.05) is 18.5 Å². The van der Waals surface area contributed by atoms with E-state index >= 15 is 0 Å². The molecule has 1 saturated heterocycles. The Balaban J connectivity index is 1.49. The summed E-state index contributed by atoms with van der Waals surface area (Å²) in [6, 6.07) is 12.2. The van der Waals surface area contributed by atoms with E-state index in [2.05, 4.69) is 27.2 Å². The highest BCUT2D eigenvalue weighted by Crippen LogP contribution is 2.26. The number of morpholine rings is 1. The molecule has 7 nitrogen and oxygen atoms in total. The molecule has 25 heavy (non-hydrogen) atoms. The van der Waals surface area contributed by atoms with Crippen molar-refractivity contribution < 1.29 is 4.74 Å². The quantitative estimate of drug-likeness (QED) is 0.563. The van der Waals surface area contributed by atoms with E-state index in [9.17, 15) is 0 Å². The maximum atomic E-state index is 5.40. The van der Waals surface area contributed by atoms with E-state index in [0.29, 0.717) is 0 Å². The van der Waals surface area contributed by atoms with Crippen LogP contribution in [0.4, 0.5) is 0 Å². The monoisotopic (exact) mass is 352 g/mol. The molecule has 0 saturated carbocycles. The lowest BCUT2D eigenvalue weighted by Gasteiger charge is -2.25. The molecule has 0 spiro atoms. The number of pyridine rings is 1. The molecule has 1 aliphatic rings. The number of hydrogen-bond acceptors (Lipinski definition) is 7. The average Bonchev–Trinajstić information content (AvgIpc) is 3.24. The molecule has 1 aliphatic heterocycles. The van der Waals surface area contributed by atoms with Crippen LogP contribution < -0.4 is 0 Å². The molecular formula is C17H16N6OS. The Morgan fingerprint density at radius 1 is 1.04 bits per heavy atom. The molecule has 0 unspecified atom stereocenters. The van der Waals surface area contributed by atoms with Crippen LogP contribution in [0.3, 0.4) is 0 Å². The highest BCUT2D eigenvalue weighted by Gasteiger charge is 2.18. The van der Waals surface area contributed by atoms with Crippen LogP contribution in [0.15, 0.2) is 36.4 Å². The van der Waals surface area contributed by atoms with Crippen molar-refractivity contribution in [3.8, 4) is 10.7 Å². The van der Waals surface area contributed by atoms with Gasteiger partial charge in [0.1, 0.15) is 5.69 Å². The Bertz CT molecular complexity index is 1040. The SMILES string of the molecule is c1ccc2nc(-c3nn4c(CN5CCOCC5)nnc4s3)ccc2c1. The van der Waals surface area contributed by atoms with E-state index < -0.39 is 0 Å². The van der Waals surface area contributed by atoms with Gasteiger partial charge >= 0.3 is 0 Å². The molecule has 126 valence electrons. The predicted molar refractivity (Wildman–Crippen MR) is 95.5 cm³/mol. The maximum Gasteiger partial charge on any atom is 0.235 e. The number of nitrogens with zero attached hydrogens (tertiary/aromatic N) is 6. The molecule has 0 amide bonds. The number of fused-ring (bicyclic) bond motifs is 2. The van der Waals surface area contributed by atoms with Crippen molar-refractivity contribution in [1.82, 2.24) is 29.7 Å². The first-order chi connectivity index (χ1) is 12.4. The molecule has 1 aromatic carbocycles. The number of hydrogen-bond donors (Lipinski definition) is 0. The fourth-order valence-electron chi connectivity index (χ4n) is 3.00. The topological polar surface area (TPSA) is 68.4 Å². The summed E-state index contributed by atoms with van der Waals surface area (Å²) in [6.07, 6.45) is 0. The minimum Gasteiger partial charge on any atom is -0.379 e. The lowest BCUT2D eigenvalue weighted by molar-refractivity contribution is 0.0328. The number of benzene rings is 1. The molecule has 4 heterocycles. The molecular weight excluding hydrogens is 336 g/mol. The molecule has 4 aromatic rings. The Hall–Kier alpha value is -2.42. The summed E-state index contributed by atoms with van der Waals surface area (Å²) < 4.78 is 7.24. The van der Waals surface area contributed by atoms with Gasteiger partial charge in [-0.05, 0) is 12.1 Å². The summed E-state index contributed by atoms with van der Waals surface area (Å²) in [7, 11) is 0. The van der Waals surface area contributed by atoms with Crippen LogP contribution in [0.2, 0.25) is 0 Å². The first-order valence-electron chi connectivity index (χ1n) is 8.24. The minimum absolute atomic E-state index is 0.735. The lowest BCUT2D eigenvalue weighted by atomic mass is 10.2. The summed E-state index contributed by atoms with van der Waals surface area (Å²) in [5.74, 6) is 0.861. The van der Waals surface area contributed by atoms with Gasteiger partial charge in [0.25, 0.3) is 0 Å². The van der Waals surface area contributed by atoms with Crippen molar-refractivity contribution in [3.63, 3.8) is 0 Å². The van der Waals surface area contributed by atoms with Crippen molar-refractivity contribution in [2.45, 2.75) is 6.54 Å². The van der Waals surface area contributed by atoms with Gasteiger partial charge < -0.3 is 4.74 Å². The van der Waals surface area contributed by atoms with E-state index in [-0.39, 0.29) is 0 Å². The van der Waals surface area contributed by atoms with Gasteiger partial charge in [-0.3, -0.25) is 4.90 Å². The Labute approximate surface area is 147 Å². The summed E-state index contributed by atoms with van der Waals surface area (Å²) in [6.45, 7) is 4.10. The van der Waals surface area contributed by atoms with Crippen LogP contribution in [0.25, 0.3) is 26.6 Å². The molecule has 5 rings (SSSR count). The van der Waals surface area contributed by atoms with Gasteiger partial charge in [0.05, 0.1) is 25.3 Å². The fourth-order valence-corrected chi connectivity index (χ4v) is 3.83. The van der Waals surface area contributed by atoms with Crippen LogP contribution in [-0.4, -0.2) is 56.0 Å². The summed E-state index contributed by atoms with van der Waals surface area (Å²) in [4.78, 5) is 7.84. The number of rotatable bonds is 3. The van der Waals surface area contributed by atoms with Crippen molar-refractivity contribution in [3.05, 3.63) is 42.2 Å². The van der Waals surface area contributed by atoms with Crippen LogP contribution in [0.1, 0.15) is 5.82 Å². The standard InChI is InChI=1S/C17H16N6OS/c1-2-4-13-12(3-1)5-6-14(18-13)16-21-23-15(19-20-17(23)25-16)11-22-7-9-24-10-8-22/h1-6H,7-11H2. The maximum absolute atomic E-state index is 5.40. The van der Waals surface area contributed by atoms with Gasteiger partial charge in [-0.2, -0.15) is 9.61 Å². The molecule has 0 aliphatic carbocycles. The van der Waals surface area contributed by atoms with Gasteiger partial charge in [-0.25, -0.2) is 4.98 Å². The van der Waals surface area contributed by atoms with Crippen molar-refractivity contribution in [2.75, 3.05) is 26.3 Å². The van der Waals surface area contributed by atoms with Crippen LogP contribution in [-0.2, 0) is 11.3 Å². The van der Waals surface area contributed by atoms with E-state index in [1.54, 1.807) is 0 Å². The van der Waals surface area contributed by atoms with Crippen LogP contribution >= 0.6 is 11.3 Å². The van der Waals surface area contributed by atoms with Crippen molar-refractivity contribution in [1.29, 1.82) is 0 Å². The van der Waals surface area contributed by atoms with E-state index in [4.69, 9.17) is 14.8 Å². The van der Waals surface area contributed by atoms with Crippen molar-refractivity contribution in [2.24, 2.45) is 0 Å². The average molecular weight is 352 g/mol. The highest BCUT2D eigenvalue weighted by molar-refractivity contribution is 7.19. The van der Waals surface area contributed by atoms with Crippen LogP contribution in [0, 0.1) is 0 Å². The summed E-state index contributed by atoms with van der Waals surface area (Å²) in [5.41, 5.74) is 1.84. The highest BCUT2D eigenvalue weighted by atomic mass is 32.1. The minimum atomic E-state index is 0.735. The lowest BCUT2D eigenvalue weighted by Crippen LogP contribution is -2.36. The fraction of sp³-hybridized carbons (Fsp3) is 0.294. The molecule has 0 atom stereocenters. The second kappa shape index (κ2) is 6.14. The third-order valence-electron chi connectivity index (χ3n) is 4.34. The Morgan fingerprint density at radius 3 is 2.84 bits per heavy atom. The van der Waals surface area contributed by atoms with Gasteiger partial charge in [0.15, 0.2) is 10.8 Å². The van der Waals surface area contributed by atoms with E-state index in [0.717, 1.165) is 65.2 Å². The normalized spacial score (nSPS) is 16.0. The molecule has 0 bridgehead atoms.